The van der Waals surface area contributed by atoms with Gasteiger partial charge in [-0.25, -0.2) is 4.98 Å². The van der Waals surface area contributed by atoms with Crippen molar-refractivity contribution >= 4 is 5.91 Å². The number of carbonyl (C=O) groups is 1. The van der Waals surface area contributed by atoms with Crippen molar-refractivity contribution in [3.8, 4) is 5.88 Å². The average Bonchev–Trinajstić information content (AvgIpc) is 3.09. The van der Waals surface area contributed by atoms with Crippen LogP contribution in [-0.4, -0.2) is 36.8 Å². The minimum atomic E-state index is -0.0886. The van der Waals surface area contributed by atoms with E-state index in [0.717, 1.165) is 12.8 Å². The Kier molecular flexibility index (Phi) is 4.17. The van der Waals surface area contributed by atoms with E-state index >= 15 is 0 Å². The van der Waals surface area contributed by atoms with Gasteiger partial charge in [0.2, 0.25) is 5.88 Å². The predicted molar refractivity (Wildman–Crippen MR) is 89.3 cm³/mol. The lowest BCUT2D eigenvalue weighted by Gasteiger charge is -2.30. The maximum absolute atomic E-state index is 12.4. The Morgan fingerprint density at radius 3 is 3.08 bits per heavy atom. The van der Waals surface area contributed by atoms with Crippen LogP contribution in [0.1, 0.15) is 33.8 Å². The predicted octanol–water partition coefficient (Wildman–Crippen LogP) is 2.32. The molecule has 4 rings (SSSR count). The topological polar surface area (TPSA) is 60.5 Å². The number of benzene rings is 1. The normalized spacial score (nSPS) is 21.7. The second-order valence-corrected chi connectivity index (χ2v) is 6.30. The molecule has 1 amide bonds. The van der Waals surface area contributed by atoms with Gasteiger partial charge in [0.1, 0.15) is 6.10 Å². The van der Waals surface area contributed by atoms with Crippen LogP contribution in [0.2, 0.25) is 0 Å². The number of hydrogen-bond acceptors (Lipinski definition) is 4. The lowest BCUT2D eigenvalue weighted by molar-refractivity contribution is 0.0948. The number of hydrogen-bond donors (Lipinski definition) is 1. The molecule has 5 heteroatoms. The molecule has 1 aromatic carbocycles. The van der Waals surface area contributed by atoms with Crippen LogP contribution < -0.4 is 10.1 Å². The summed E-state index contributed by atoms with van der Waals surface area (Å²) in [6.07, 6.45) is 3.53. The van der Waals surface area contributed by atoms with Crippen molar-refractivity contribution in [3.63, 3.8) is 0 Å². The second-order valence-electron chi connectivity index (χ2n) is 6.30. The van der Waals surface area contributed by atoms with E-state index in [0.29, 0.717) is 37.1 Å². The first-order valence-corrected chi connectivity index (χ1v) is 8.36. The van der Waals surface area contributed by atoms with Crippen LogP contribution in [0.4, 0.5) is 0 Å². The zero-order valence-electron chi connectivity index (χ0n) is 13.4. The van der Waals surface area contributed by atoms with Gasteiger partial charge in [-0.2, -0.15) is 0 Å². The molecule has 0 saturated carbocycles. The molecule has 124 valence electrons. The highest BCUT2D eigenvalue weighted by Crippen LogP contribution is 2.34. The number of rotatable bonds is 5. The van der Waals surface area contributed by atoms with E-state index < -0.39 is 0 Å². The molecule has 1 aromatic heterocycles. The SMILES string of the molecule is O=C(NCC1Cc2ccccc21)c1ccnc(OC2CCOC2)c1. The quantitative estimate of drug-likeness (QED) is 0.917. The van der Waals surface area contributed by atoms with Gasteiger partial charge in [-0.3, -0.25) is 4.79 Å². The molecule has 2 heterocycles. The maximum atomic E-state index is 12.4. The van der Waals surface area contributed by atoms with E-state index in [9.17, 15) is 4.79 Å². The summed E-state index contributed by atoms with van der Waals surface area (Å²) >= 11 is 0. The van der Waals surface area contributed by atoms with E-state index in [4.69, 9.17) is 9.47 Å². The summed E-state index contributed by atoms with van der Waals surface area (Å²) in [5.41, 5.74) is 3.31. The number of fused-ring (bicyclic) bond motifs is 1. The van der Waals surface area contributed by atoms with Gasteiger partial charge in [-0.05, 0) is 23.6 Å². The highest BCUT2D eigenvalue weighted by molar-refractivity contribution is 5.94. The van der Waals surface area contributed by atoms with Gasteiger partial charge in [0.05, 0.1) is 13.2 Å². The lowest BCUT2D eigenvalue weighted by Crippen LogP contribution is -2.33. The van der Waals surface area contributed by atoms with Crippen molar-refractivity contribution in [3.05, 3.63) is 59.3 Å². The summed E-state index contributed by atoms with van der Waals surface area (Å²) in [7, 11) is 0. The molecule has 2 aromatic rings. The number of carbonyl (C=O) groups excluding carboxylic acids is 1. The fourth-order valence-electron chi connectivity index (χ4n) is 3.25. The van der Waals surface area contributed by atoms with E-state index in [2.05, 4.69) is 28.5 Å². The monoisotopic (exact) mass is 324 g/mol. The Bertz CT molecular complexity index is 741. The smallest absolute Gasteiger partial charge is 0.251 e. The largest absolute Gasteiger partial charge is 0.472 e. The van der Waals surface area contributed by atoms with Gasteiger partial charge < -0.3 is 14.8 Å². The first-order valence-electron chi connectivity index (χ1n) is 8.36. The molecule has 2 aliphatic rings. The third-order valence-electron chi connectivity index (χ3n) is 4.64. The molecule has 0 bridgehead atoms. The van der Waals surface area contributed by atoms with Gasteiger partial charge in [-0.1, -0.05) is 24.3 Å². The van der Waals surface area contributed by atoms with Gasteiger partial charge in [0.25, 0.3) is 5.91 Å². The van der Waals surface area contributed by atoms with Crippen molar-refractivity contribution in [2.75, 3.05) is 19.8 Å². The van der Waals surface area contributed by atoms with Crippen LogP contribution in [0.15, 0.2) is 42.6 Å². The molecule has 1 aliphatic heterocycles. The van der Waals surface area contributed by atoms with Crippen LogP contribution >= 0.6 is 0 Å². The van der Waals surface area contributed by atoms with Crippen molar-refractivity contribution in [1.82, 2.24) is 10.3 Å². The van der Waals surface area contributed by atoms with Crippen LogP contribution in [-0.2, 0) is 11.2 Å². The summed E-state index contributed by atoms with van der Waals surface area (Å²) < 4.78 is 11.0. The zero-order chi connectivity index (χ0) is 16.4. The molecule has 2 unspecified atom stereocenters. The molecule has 1 N–H and O–H groups in total. The molecule has 5 nitrogen and oxygen atoms in total. The standard InChI is InChI=1S/C19H20N2O3/c22-19(21-11-15-9-13-3-1-2-4-17(13)15)14-5-7-20-18(10-14)24-16-6-8-23-12-16/h1-5,7,10,15-16H,6,8-9,11-12H2,(H,21,22). The molecular formula is C19H20N2O3. The molecule has 0 radical (unpaired) electrons. The summed E-state index contributed by atoms with van der Waals surface area (Å²) in [6, 6.07) is 11.8. The number of nitrogens with one attached hydrogen (secondary N) is 1. The number of nitrogens with zero attached hydrogens (tertiary/aromatic N) is 1. The highest BCUT2D eigenvalue weighted by atomic mass is 16.5. The van der Waals surface area contributed by atoms with Crippen molar-refractivity contribution < 1.29 is 14.3 Å². The fraction of sp³-hybridized carbons (Fsp3) is 0.368. The second kappa shape index (κ2) is 6.61. The minimum Gasteiger partial charge on any atom is -0.472 e. The van der Waals surface area contributed by atoms with Gasteiger partial charge in [-0.15, -0.1) is 0 Å². The molecule has 1 fully saturated rings. The maximum Gasteiger partial charge on any atom is 0.251 e. The Hall–Kier alpha value is -2.40. The van der Waals surface area contributed by atoms with Crippen molar-refractivity contribution in [2.45, 2.75) is 24.9 Å². The van der Waals surface area contributed by atoms with Crippen LogP contribution in [0.3, 0.4) is 0 Å². The number of amides is 1. The lowest BCUT2D eigenvalue weighted by atomic mass is 9.77. The van der Waals surface area contributed by atoms with Crippen molar-refractivity contribution in [1.29, 1.82) is 0 Å². The first kappa shape index (κ1) is 15.1. The van der Waals surface area contributed by atoms with Gasteiger partial charge in [0, 0.05) is 36.7 Å². The zero-order valence-corrected chi connectivity index (χ0v) is 13.4. The van der Waals surface area contributed by atoms with Crippen LogP contribution in [0.5, 0.6) is 5.88 Å². The number of ether oxygens (including phenoxy) is 2. The van der Waals surface area contributed by atoms with Crippen LogP contribution in [0, 0.1) is 0 Å². The molecule has 2 atom stereocenters. The highest BCUT2D eigenvalue weighted by Gasteiger charge is 2.25. The summed E-state index contributed by atoms with van der Waals surface area (Å²) in [5.74, 6) is 0.805. The van der Waals surface area contributed by atoms with Crippen molar-refractivity contribution in [2.24, 2.45) is 0 Å². The number of aromatic nitrogens is 1. The van der Waals surface area contributed by atoms with E-state index in [1.54, 1.807) is 18.3 Å². The van der Waals surface area contributed by atoms with E-state index in [-0.39, 0.29) is 12.0 Å². The molecule has 1 aliphatic carbocycles. The minimum absolute atomic E-state index is 0.0299. The third-order valence-corrected chi connectivity index (χ3v) is 4.64. The Balaban J connectivity index is 1.34. The van der Waals surface area contributed by atoms with Gasteiger partial charge >= 0.3 is 0 Å². The Labute approximate surface area is 141 Å². The summed E-state index contributed by atoms with van der Waals surface area (Å²) in [4.78, 5) is 16.6. The average molecular weight is 324 g/mol. The Morgan fingerprint density at radius 2 is 2.25 bits per heavy atom. The molecule has 1 saturated heterocycles. The van der Waals surface area contributed by atoms with E-state index in [1.807, 2.05) is 6.07 Å². The summed E-state index contributed by atoms with van der Waals surface area (Å²) in [6.45, 7) is 1.96. The van der Waals surface area contributed by atoms with E-state index in [1.165, 1.54) is 11.1 Å². The third kappa shape index (κ3) is 3.12. The molecule has 0 spiro atoms. The first-order chi connectivity index (χ1) is 11.8. The fourth-order valence-corrected chi connectivity index (χ4v) is 3.25. The molecular weight excluding hydrogens is 304 g/mol. The molecule has 24 heavy (non-hydrogen) atoms. The summed E-state index contributed by atoms with van der Waals surface area (Å²) in [5, 5.41) is 3.02. The number of pyridine rings is 1. The Morgan fingerprint density at radius 1 is 1.33 bits per heavy atom. The van der Waals surface area contributed by atoms with Gasteiger partial charge in [0.15, 0.2) is 0 Å². The van der Waals surface area contributed by atoms with Crippen LogP contribution in [0.25, 0.3) is 0 Å².